The van der Waals surface area contributed by atoms with Crippen LogP contribution in [0.4, 0.5) is 4.39 Å². The summed E-state index contributed by atoms with van der Waals surface area (Å²) in [6.45, 7) is 5.08. The van der Waals surface area contributed by atoms with E-state index in [4.69, 9.17) is 24.4 Å². The van der Waals surface area contributed by atoms with Crippen LogP contribution in [0.1, 0.15) is 38.7 Å². The number of hydrazine groups is 1. The fourth-order valence-electron chi connectivity index (χ4n) is 2.93. The number of thiocarbonyl (C=S) groups is 2. The van der Waals surface area contributed by atoms with E-state index in [0.717, 1.165) is 12.0 Å². The molecule has 0 heterocycles. The maximum absolute atomic E-state index is 12.8. The lowest BCUT2D eigenvalue weighted by Gasteiger charge is -2.35. The molecule has 1 aromatic rings. The van der Waals surface area contributed by atoms with Gasteiger partial charge in [0.05, 0.1) is 0 Å². The van der Waals surface area contributed by atoms with Crippen LogP contribution in [0.15, 0.2) is 24.3 Å². The van der Waals surface area contributed by atoms with Gasteiger partial charge in [-0.25, -0.2) is 4.39 Å². The zero-order chi connectivity index (χ0) is 17.5. The molecule has 1 saturated carbocycles. The SMILES string of the molecule is C[C@@H]1[C@H](C)CCC[C@H]1NC(=S)NNC(=S)NCc1ccc(F)cc1. The maximum atomic E-state index is 12.8. The van der Waals surface area contributed by atoms with E-state index < -0.39 is 0 Å². The summed E-state index contributed by atoms with van der Waals surface area (Å²) in [5, 5.41) is 7.39. The fourth-order valence-corrected chi connectivity index (χ4v) is 3.26. The molecule has 0 aromatic heterocycles. The van der Waals surface area contributed by atoms with E-state index in [9.17, 15) is 4.39 Å². The van der Waals surface area contributed by atoms with Crippen molar-refractivity contribution in [1.82, 2.24) is 21.5 Å². The molecule has 7 heteroatoms. The smallest absolute Gasteiger partial charge is 0.185 e. The first kappa shape index (κ1) is 18.9. The Morgan fingerprint density at radius 1 is 1.08 bits per heavy atom. The Balaban J connectivity index is 1.67. The summed E-state index contributed by atoms with van der Waals surface area (Å²) < 4.78 is 12.8. The Kier molecular flexibility index (Phi) is 7.17. The second-order valence-electron chi connectivity index (χ2n) is 6.41. The van der Waals surface area contributed by atoms with Gasteiger partial charge in [0.25, 0.3) is 0 Å². The Labute approximate surface area is 153 Å². The summed E-state index contributed by atoms with van der Waals surface area (Å²) >= 11 is 10.5. The highest BCUT2D eigenvalue weighted by Crippen LogP contribution is 2.29. The van der Waals surface area contributed by atoms with E-state index >= 15 is 0 Å². The Hall–Kier alpha value is -1.47. The monoisotopic (exact) mass is 368 g/mol. The molecule has 3 atom stereocenters. The molecule has 0 amide bonds. The summed E-state index contributed by atoms with van der Waals surface area (Å²) in [4.78, 5) is 0. The maximum Gasteiger partial charge on any atom is 0.185 e. The van der Waals surface area contributed by atoms with Gasteiger partial charge in [0.1, 0.15) is 5.82 Å². The molecule has 0 bridgehead atoms. The van der Waals surface area contributed by atoms with Crippen LogP contribution in [0.5, 0.6) is 0 Å². The van der Waals surface area contributed by atoms with Crippen molar-refractivity contribution >= 4 is 34.7 Å². The van der Waals surface area contributed by atoms with Crippen molar-refractivity contribution in [3.05, 3.63) is 35.6 Å². The van der Waals surface area contributed by atoms with E-state index in [2.05, 4.69) is 35.3 Å². The third kappa shape index (κ3) is 5.87. The van der Waals surface area contributed by atoms with E-state index in [1.54, 1.807) is 12.1 Å². The zero-order valence-corrected chi connectivity index (χ0v) is 15.7. The molecule has 0 unspecified atom stereocenters. The van der Waals surface area contributed by atoms with Gasteiger partial charge < -0.3 is 10.6 Å². The minimum Gasteiger partial charge on any atom is -0.358 e. The summed E-state index contributed by atoms with van der Waals surface area (Å²) in [7, 11) is 0. The van der Waals surface area contributed by atoms with Crippen LogP contribution in [-0.4, -0.2) is 16.3 Å². The highest BCUT2D eigenvalue weighted by atomic mass is 32.1. The molecule has 4 N–H and O–H groups in total. The zero-order valence-electron chi connectivity index (χ0n) is 14.1. The van der Waals surface area contributed by atoms with Gasteiger partial charge in [-0.2, -0.15) is 0 Å². The van der Waals surface area contributed by atoms with Crippen molar-refractivity contribution in [3.63, 3.8) is 0 Å². The highest BCUT2D eigenvalue weighted by molar-refractivity contribution is 7.80. The number of benzene rings is 1. The van der Waals surface area contributed by atoms with Crippen molar-refractivity contribution in [3.8, 4) is 0 Å². The van der Waals surface area contributed by atoms with E-state index in [0.29, 0.717) is 34.6 Å². The molecule has 1 aliphatic rings. The second-order valence-corrected chi connectivity index (χ2v) is 7.22. The average Bonchev–Trinajstić information content (AvgIpc) is 2.56. The Morgan fingerprint density at radius 2 is 1.75 bits per heavy atom. The fraction of sp³-hybridized carbons (Fsp3) is 0.529. The molecule has 0 saturated heterocycles. The molecule has 24 heavy (non-hydrogen) atoms. The molecule has 0 aliphatic heterocycles. The van der Waals surface area contributed by atoms with Crippen LogP contribution < -0.4 is 21.5 Å². The quantitative estimate of drug-likeness (QED) is 0.486. The average molecular weight is 369 g/mol. The Morgan fingerprint density at radius 3 is 2.46 bits per heavy atom. The van der Waals surface area contributed by atoms with Crippen LogP contribution in [0.25, 0.3) is 0 Å². The molecule has 2 rings (SSSR count). The molecular weight excluding hydrogens is 343 g/mol. The van der Waals surface area contributed by atoms with Crippen LogP contribution in [-0.2, 0) is 6.54 Å². The lowest BCUT2D eigenvalue weighted by Crippen LogP contribution is -2.54. The predicted molar refractivity (Wildman–Crippen MR) is 104 cm³/mol. The summed E-state index contributed by atoms with van der Waals surface area (Å²) in [5.41, 5.74) is 6.74. The lowest BCUT2D eigenvalue weighted by molar-refractivity contribution is 0.224. The largest absolute Gasteiger partial charge is 0.358 e. The minimum atomic E-state index is -0.246. The standard InChI is InChI=1S/C17H25FN4S2/c1-11-4-3-5-15(12(11)2)20-17(24)22-21-16(23)19-10-13-6-8-14(18)9-7-13/h6-9,11-12,15H,3-5,10H2,1-2H3,(H2,19,21,23)(H2,20,22,24)/t11-,12-,15-/m1/s1. The number of rotatable bonds is 3. The molecule has 1 aromatic carbocycles. The van der Waals surface area contributed by atoms with Gasteiger partial charge in [0, 0.05) is 12.6 Å². The van der Waals surface area contributed by atoms with Gasteiger partial charge in [-0.15, -0.1) is 0 Å². The molecule has 1 aliphatic carbocycles. The summed E-state index contributed by atoms with van der Waals surface area (Å²) in [6.07, 6.45) is 3.66. The van der Waals surface area contributed by atoms with Crippen molar-refractivity contribution in [2.24, 2.45) is 11.8 Å². The van der Waals surface area contributed by atoms with Crippen LogP contribution in [0.2, 0.25) is 0 Å². The van der Waals surface area contributed by atoms with Gasteiger partial charge in [-0.05, 0) is 60.4 Å². The van der Waals surface area contributed by atoms with Crippen LogP contribution in [0, 0.1) is 17.7 Å². The molecule has 132 valence electrons. The highest BCUT2D eigenvalue weighted by Gasteiger charge is 2.27. The van der Waals surface area contributed by atoms with Gasteiger partial charge in [-0.1, -0.05) is 38.8 Å². The third-order valence-corrected chi connectivity index (χ3v) is 5.15. The summed E-state index contributed by atoms with van der Waals surface area (Å²) in [5.74, 6) is 1.07. The normalized spacial score (nSPS) is 23.2. The first-order valence-electron chi connectivity index (χ1n) is 8.30. The molecule has 4 nitrogen and oxygen atoms in total. The number of hydrogen-bond donors (Lipinski definition) is 4. The topological polar surface area (TPSA) is 48.1 Å². The van der Waals surface area contributed by atoms with Gasteiger partial charge in [0.2, 0.25) is 0 Å². The van der Waals surface area contributed by atoms with E-state index in [1.807, 2.05) is 0 Å². The molecule has 0 spiro atoms. The minimum absolute atomic E-state index is 0.246. The lowest BCUT2D eigenvalue weighted by atomic mass is 9.78. The van der Waals surface area contributed by atoms with E-state index in [1.165, 1.54) is 25.0 Å². The molecular formula is C17H25FN4S2. The number of nitrogens with one attached hydrogen (secondary N) is 4. The Bertz CT molecular complexity index is 564. The first-order valence-corrected chi connectivity index (χ1v) is 9.12. The molecule has 0 radical (unpaired) electrons. The number of hydrogen-bond acceptors (Lipinski definition) is 2. The van der Waals surface area contributed by atoms with Crippen molar-refractivity contribution < 1.29 is 4.39 Å². The predicted octanol–water partition coefficient (Wildman–Crippen LogP) is 2.99. The van der Waals surface area contributed by atoms with Crippen LogP contribution >= 0.6 is 24.4 Å². The van der Waals surface area contributed by atoms with Crippen LogP contribution in [0.3, 0.4) is 0 Å². The van der Waals surface area contributed by atoms with Crippen molar-refractivity contribution in [2.75, 3.05) is 0 Å². The van der Waals surface area contributed by atoms with Gasteiger partial charge >= 0.3 is 0 Å². The third-order valence-electron chi connectivity index (χ3n) is 4.68. The number of halogens is 1. The first-order chi connectivity index (χ1) is 11.5. The summed E-state index contributed by atoms with van der Waals surface area (Å²) in [6, 6.07) is 6.69. The van der Waals surface area contributed by atoms with Gasteiger partial charge in [-0.3, -0.25) is 10.9 Å². The second kappa shape index (κ2) is 9.13. The van der Waals surface area contributed by atoms with Gasteiger partial charge in [0.15, 0.2) is 10.2 Å². The molecule has 1 fully saturated rings. The van der Waals surface area contributed by atoms with Crippen molar-refractivity contribution in [1.29, 1.82) is 0 Å². The van der Waals surface area contributed by atoms with E-state index in [-0.39, 0.29) is 5.82 Å². The van der Waals surface area contributed by atoms with Crippen molar-refractivity contribution in [2.45, 2.75) is 45.7 Å².